The van der Waals surface area contributed by atoms with Crippen LogP contribution < -0.4 is 4.74 Å². The van der Waals surface area contributed by atoms with E-state index in [1.807, 2.05) is 0 Å². The van der Waals surface area contributed by atoms with Crippen molar-refractivity contribution in [1.82, 2.24) is 4.90 Å². The molecule has 2 nitrogen and oxygen atoms in total. The first kappa shape index (κ1) is 13.8. The summed E-state index contributed by atoms with van der Waals surface area (Å²) in [7, 11) is 0. The van der Waals surface area contributed by atoms with E-state index in [0.29, 0.717) is 11.8 Å². The third-order valence-corrected chi connectivity index (χ3v) is 5.19. The number of hydrogen-bond acceptors (Lipinski definition) is 2. The third kappa shape index (κ3) is 2.32. The monoisotopic (exact) mass is 293 g/mol. The van der Waals surface area contributed by atoms with Gasteiger partial charge >= 0.3 is 0 Å². The van der Waals surface area contributed by atoms with Gasteiger partial charge in [-0.15, -0.1) is 0 Å². The Morgan fingerprint density at radius 3 is 2.59 bits per heavy atom. The lowest BCUT2D eigenvalue weighted by atomic mass is 9.83. The molecule has 0 bridgehead atoms. The highest BCUT2D eigenvalue weighted by molar-refractivity contribution is 5.49. The summed E-state index contributed by atoms with van der Waals surface area (Å²) in [5.74, 6) is 2.42. The lowest BCUT2D eigenvalue weighted by molar-refractivity contribution is 0.210. The zero-order valence-corrected chi connectivity index (χ0v) is 13.4. The molecule has 2 heteroatoms. The van der Waals surface area contributed by atoms with E-state index in [9.17, 15) is 0 Å². The highest BCUT2D eigenvalue weighted by atomic mass is 16.5. The first-order valence-corrected chi connectivity index (χ1v) is 8.21. The van der Waals surface area contributed by atoms with Crippen molar-refractivity contribution in [2.24, 2.45) is 5.92 Å². The van der Waals surface area contributed by atoms with Crippen LogP contribution >= 0.6 is 0 Å². The topological polar surface area (TPSA) is 12.5 Å². The lowest BCUT2D eigenvalue weighted by Gasteiger charge is -2.30. The van der Waals surface area contributed by atoms with Gasteiger partial charge in [0.15, 0.2) is 0 Å². The van der Waals surface area contributed by atoms with Crippen LogP contribution in [0.25, 0.3) is 0 Å². The molecular weight excluding hydrogens is 270 g/mol. The Labute approximate surface area is 132 Å². The highest BCUT2D eigenvalue weighted by Crippen LogP contribution is 2.44. The maximum absolute atomic E-state index is 6.12. The Morgan fingerprint density at radius 2 is 1.77 bits per heavy atom. The number of ether oxygens (including phenoxy) is 1. The van der Waals surface area contributed by atoms with E-state index in [4.69, 9.17) is 4.74 Å². The van der Waals surface area contributed by atoms with Gasteiger partial charge < -0.3 is 4.74 Å². The van der Waals surface area contributed by atoms with Crippen molar-refractivity contribution in [1.29, 1.82) is 0 Å². The van der Waals surface area contributed by atoms with E-state index in [0.717, 1.165) is 32.0 Å². The van der Waals surface area contributed by atoms with Crippen molar-refractivity contribution in [2.45, 2.75) is 26.3 Å². The van der Waals surface area contributed by atoms with Crippen molar-refractivity contribution >= 4 is 0 Å². The van der Waals surface area contributed by atoms with E-state index in [1.165, 1.54) is 22.3 Å². The Bertz CT molecular complexity index is 680. The summed E-state index contributed by atoms with van der Waals surface area (Å²) in [6.07, 6.45) is 0. The van der Waals surface area contributed by atoms with Crippen LogP contribution in [0, 0.1) is 19.8 Å². The zero-order chi connectivity index (χ0) is 15.1. The highest BCUT2D eigenvalue weighted by Gasteiger charge is 2.39. The smallest absolute Gasteiger partial charge is 0.126 e. The van der Waals surface area contributed by atoms with Gasteiger partial charge in [0.05, 0.1) is 6.61 Å². The van der Waals surface area contributed by atoms with Crippen LogP contribution in [0.5, 0.6) is 5.75 Å². The van der Waals surface area contributed by atoms with Crippen molar-refractivity contribution < 1.29 is 4.74 Å². The molecular formula is C20H23NO. The SMILES string of the molecule is Cc1ccc(C)c2c1OCC1CN(Cc3ccccc3)CC21. The minimum absolute atomic E-state index is 0.632. The Hall–Kier alpha value is -1.80. The number of rotatable bonds is 2. The van der Waals surface area contributed by atoms with Gasteiger partial charge in [-0.3, -0.25) is 4.90 Å². The normalized spacial score (nSPS) is 23.7. The molecule has 0 aliphatic carbocycles. The molecule has 0 saturated carbocycles. The van der Waals surface area contributed by atoms with Crippen LogP contribution in [-0.4, -0.2) is 24.6 Å². The lowest BCUT2D eigenvalue weighted by Crippen LogP contribution is -2.26. The summed E-state index contributed by atoms with van der Waals surface area (Å²) >= 11 is 0. The summed E-state index contributed by atoms with van der Waals surface area (Å²) in [6, 6.07) is 15.2. The number of hydrogen-bond donors (Lipinski definition) is 0. The molecule has 1 fully saturated rings. The van der Waals surface area contributed by atoms with Gasteiger partial charge in [-0.25, -0.2) is 0 Å². The molecule has 2 aromatic carbocycles. The fourth-order valence-corrected chi connectivity index (χ4v) is 4.08. The maximum atomic E-state index is 6.12. The predicted molar refractivity (Wildman–Crippen MR) is 89.4 cm³/mol. The first-order valence-electron chi connectivity index (χ1n) is 8.21. The molecule has 2 aromatic rings. The Balaban J connectivity index is 1.59. The van der Waals surface area contributed by atoms with Crippen molar-refractivity contribution in [2.75, 3.05) is 19.7 Å². The molecule has 4 rings (SSSR count). The Kier molecular flexibility index (Phi) is 3.42. The zero-order valence-electron chi connectivity index (χ0n) is 13.4. The van der Waals surface area contributed by atoms with Gasteiger partial charge in [-0.1, -0.05) is 42.5 Å². The van der Waals surface area contributed by atoms with Gasteiger partial charge in [-0.2, -0.15) is 0 Å². The number of fused-ring (bicyclic) bond motifs is 3. The fraction of sp³-hybridized carbons (Fsp3) is 0.400. The first-order chi connectivity index (χ1) is 10.7. The third-order valence-electron chi connectivity index (χ3n) is 5.19. The van der Waals surface area contributed by atoms with E-state index >= 15 is 0 Å². The second kappa shape index (κ2) is 5.44. The fourth-order valence-electron chi connectivity index (χ4n) is 4.08. The molecule has 2 aliphatic rings. The molecule has 2 heterocycles. The second-order valence-electron chi connectivity index (χ2n) is 6.80. The quantitative estimate of drug-likeness (QED) is 0.832. The van der Waals surface area contributed by atoms with Gasteiger partial charge in [-0.05, 0) is 30.5 Å². The van der Waals surface area contributed by atoms with Crippen LogP contribution in [0.15, 0.2) is 42.5 Å². The van der Waals surface area contributed by atoms with Gasteiger partial charge in [0.25, 0.3) is 0 Å². The number of benzene rings is 2. The molecule has 114 valence electrons. The molecule has 0 amide bonds. The largest absolute Gasteiger partial charge is 0.493 e. The number of nitrogens with zero attached hydrogens (tertiary/aromatic N) is 1. The van der Waals surface area contributed by atoms with Crippen LogP contribution in [-0.2, 0) is 6.54 Å². The standard InChI is InChI=1S/C20H23NO/c1-14-8-9-15(2)20-19(14)18-12-21(11-17(18)13-22-20)10-16-6-4-3-5-7-16/h3-9,17-18H,10-13H2,1-2H3. The molecule has 22 heavy (non-hydrogen) atoms. The predicted octanol–water partition coefficient (Wildman–Crippen LogP) is 3.91. The molecule has 1 saturated heterocycles. The van der Waals surface area contributed by atoms with Gasteiger partial charge in [0.2, 0.25) is 0 Å². The molecule has 0 radical (unpaired) electrons. The Morgan fingerprint density at radius 1 is 1.00 bits per heavy atom. The summed E-state index contributed by atoms with van der Waals surface area (Å²) < 4.78 is 6.12. The van der Waals surface area contributed by atoms with Gasteiger partial charge in [0.1, 0.15) is 5.75 Å². The van der Waals surface area contributed by atoms with Crippen molar-refractivity contribution in [3.05, 3.63) is 64.7 Å². The minimum Gasteiger partial charge on any atom is -0.493 e. The van der Waals surface area contributed by atoms with E-state index in [2.05, 4.69) is 61.2 Å². The molecule has 0 N–H and O–H groups in total. The molecule has 0 spiro atoms. The van der Waals surface area contributed by atoms with Crippen molar-refractivity contribution in [3.8, 4) is 5.75 Å². The van der Waals surface area contributed by atoms with E-state index in [1.54, 1.807) is 0 Å². The summed E-state index contributed by atoms with van der Waals surface area (Å²) in [6.45, 7) is 8.60. The minimum atomic E-state index is 0.632. The summed E-state index contributed by atoms with van der Waals surface area (Å²) in [5.41, 5.74) is 5.53. The van der Waals surface area contributed by atoms with Crippen LogP contribution in [0.4, 0.5) is 0 Å². The van der Waals surface area contributed by atoms with Crippen LogP contribution in [0.1, 0.15) is 28.2 Å². The summed E-state index contributed by atoms with van der Waals surface area (Å²) in [5, 5.41) is 0. The van der Waals surface area contributed by atoms with Gasteiger partial charge in [0, 0.05) is 37.0 Å². The van der Waals surface area contributed by atoms with Crippen molar-refractivity contribution in [3.63, 3.8) is 0 Å². The molecule has 2 atom stereocenters. The number of aryl methyl sites for hydroxylation is 2. The molecule has 2 unspecified atom stereocenters. The van der Waals surface area contributed by atoms with E-state index < -0.39 is 0 Å². The molecule has 2 aliphatic heterocycles. The summed E-state index contributed by atoms with van der Waals surface area (Å²) in [4.78, 5) is 2.59. The van der Waals surface area contributed by atoms with Crippen LogP contribution in [0.2, 0.25) is 0 Å². The average molecular weight is 293 g/mol. The number of likely N-dealkylation sites (tertiary alicyclic amines) is 1. The average Bonchev–Trinajstić information content (AvgIpc) is 2.94. The maximum Gasteiger partial charge on any atom is 0.126 e. The molecule has 0 aromatic heterocycles. The van der Waals surface area contributed by atoms with E-state index in [-0.39, 0.29) is 0 Å². The second-order valence-corrected chi connectivity index (χ2v) is 6.80. The van der Waals surface area contributed by atoms with Crippen LogP contribution in [0.3, 0.4) is 0 Å².